The van der Waals surface area contributed by atoms with E-state index in [9.17, 15) is 18.0 Å². The molecule has 7 heteroatoms. The SMILES string of the molecule is O=C(O)COC[C@H]1C[C@@H](OC(F)(F)F)C1. The summed E-state index contributed by atoms with van der Waals surface area (Å²) in [5, 5.41) is 8.22. The lowest BCUT2D eigenvalue weighted by molar-refractivity contribution is -0.354. The van der Waals surface area contributed by atoms with Crippen LogP contribution in [0.3, 0.4) is 0 Å². The minimum atomic E-state index is -4.59. The van der Waals surface area contributed by atoms with Crippen LogP contribution < -0.4 is 0 Å². The highest BCUT2D eigenvalue weighted by atomic mass is 19.4. The maximum atomic E-state index is 11.7. The molecule has 0 saturated heterocycles. The van der Waals surface area contributed by atoms with Crippen LogP contribution in [-0.2, 0) is 14.3 Å². The van der Waals surface area contributed by atoms with E-state index in [0.29, 0.717) is 0 Å². The highest BCUT2D eigenvalue weighted by Crippen LogP contribution is 2.34. The average molecular weight is 228 g/mol. The molecule has 0 aromatic rings. The fourth-order valence-electron chi connectivity index (χ4n) is 1.41. The first-order chi connectivity index (χ1) is 6.87. The van der Waals surface area contributed by atoms with Gasteiger partial charge in [-0.3, -0.25) is 4.74 Å². The van der Waals surface area contributed by atoms with Gasteiger partial charge >= 0.3 is 12.3 Å². The Kier molecular flexibility index (Phi) is 3.92. The van der Waals surface area contributed by atoms with Crippen molar-refractivity contribution in [2.75, 3.05) is 13.2 Å². The number of hydrogen-bond acceptors (Lipinski definition) is 3. The van der Waals surface area contributed by atoms with Crippen molar-refractivity contribution in [3.8, 4) is 0 Å². The summed E-state index contributed by atoms with van der Waals surface area (Å²) in [7, 11) is 0. The monoisotopic (exact) mass is 228 g/mol. The number of carbonyl (C=O) groups is 1. The second kappa shape index (κ2) is 4.80. The maximum Gasteiger partial charge on any atom is 0.522 e. The molecule has 88 valence electrons. The zero-order valence-corrected chi connectivity index (χ0v) is 7.79. The molecule has 0 aromatic carbocycles. The van der Waals surface area contributed by atoms with Crippen LogP contribution in [0.5, 0.6) is 0 Å². The third kappa shape index (κ3) is 4.98. The highest BCUT2D eigenvalue weighted by Gasteiger charge is 2.40. The summed E-state index contributed by atoms with van der Waals surface area (Å²) in [5.74, 6) is -1.12. The quantitative estimate of drug-likeness (QED) is 0.772. The number of alkyl halides is 3. The van der Waals surface area contributed by atoms with Gasteiger partial charge in [0.2, 0.25) is 0 Å². The minimum Gasteiger partial charge on any atom is -0.480 e. The molecule has 1 aliphatic carbocycles. The van der Waals surface area contributed by atoms with Gasteiger partial charge in [-0.15, -0.1) is 13.2 Å². The van der Waals surface area contributed by atoms with Crippen molar-refractivity contribution in [1.82, 2.24) is 0 Å². The van der Waals surface area contributed by atoms with Crippen LogP contribution >= 0.6 is 0 Å². The van der Waals surface area contributed by atoms with E-state index in [2.05, 4.69) is 4.74 Å². The summed E-state index contributed by atoms with van der Waals surface area (Å²) < 4.78 is 43.5. The van der Waals surface area contributed by atoms with E-state index in [1.54, 1.807) is 0 Å². The first-order valence-corrected chi connectivity index (χ1v) is 4.41. The molecule has 4 nitrogen and oxygen atoms in total. The zero-order valence-electron chi connectivity index (χ0n) is 7.79. The Balaban J connectivity index is 2.03. The van der Waals surface area contributed by atoms with Crippen LogP contribution in [0.25, 0.3) is 0 Å². The van der Waals surface area contributed by atoms with Crippen molar-refractivity contribution in [2.24, 2.45) is 5.92 Å². The smallest absolute Gasteiger partial charge is 0.480 e. The minimum absolute atomic E-state index is 0.0308. The van der Waals surface area contributed by atoms with Crippen molar-refractivity contribution in [3.63, 3.8) is 0 Å². The molecular weight excluding hydrogens is 217 g/mol. The van der Waals surface area contributed by atoms with E-state index >= 15 is 0 Å². The van der Waals surface area contributed by atoms with Gasteiger partial charge in [-0.2, -0.15) is 0 Å². The molecular formula is C8H11F3O4. The van der Waals surface area contributed by atoms with Gasteiger partial charge in [0, 0.05) is 0 Å². The molecule has 0 aliphatic heterocycles. The number of ether oxygens (including phenoxy) is 2. The molecule has 0 spiro atoms. The van der Waals surface area contributed by atoms with Crippen molar-refractivity contribution in [2.45, 2.75) is 25.3 Å². The fraction of sp³-hybridized carbons (Fsp3) is 0.875. The van der Waals surface area contributed by atoms with Gasteiger partial charge in [-0.25, -0.2) is 4.79 Å². The van der Waals surface area contributed by atoms with Gasteiger partial charge in [-0.1, -0.05) is 0 Å². The Morgan fingerprint density at radius 3 is 2.47 bits per heavy atom. The third-order valence-electron chi connectivity index (χ3n) is 2.07. The van der Waals surface area contributed by atoms with Crippen molar-refractivity contribution >= 4 is 5.97 Å². The van der Waals surface area contributed by atoms with Gasteiger partial charge in [-0.05, 0) is 18.8 Å². The fourth-order valence-corrected chi connectivity index (χ4v) is 1.41. The summed E-state index contributed by atoms with van der Waals surface area (Å²) >= 11 is 0. The Hall–Kier alpha value is -0.820. The topological polar surface area (TPSA) is 55.8 Å². The van der Waals surface area contributed by atoms with Crippen molar-refractivity contribution < 1.29 is 32.5 Å². The molecule has 0 atom stereocenters. The second-order valence-corrected chi connectivity index (χ2v) is 3.43. The maximum absolute atomic E-state index is 11.7. The van der Waals surface area contributed by atoms with E-state index in [4.69, 9.17) is 9.84 Å². The lowest BCUT2D eigenvalue weighted by Crippen LogP contribution is -2.38. The number of carboxylic acid groups (broad SMARTS) is 1. The average Bonchev–Trinajstić information content (AvgIpc) is 1.96. The first-order valence-electron chi connectivity index (χ1n) is 4.41. The molecule has 0 amide bonds. The van der Waals surface area contributed by atoms with Gasteiger partial charge in [0.15, 0.2) is 0 Å². The summed E-state index contributed by atoms with van der Waals surface area (Å²) in [5.41, 5.74) is 0. The molecule has 1 rings (SSSR count). The van der Waals surface area contributed by atoms with Gasteiger partial charge < -0.3 is 9.84 Å². The standard InChI is InChI=1S/C8H11F3O4/c9-8(10,11)15-6-1-5(2-6)3-14-4-7(12)13/h5-6H,1-4H2,(H,12,13)/t5-,6+. The lowest BCUT2D eigenvalue weighted by atomic mass is 9.83. The molecule has 1 aliphatic rings. The molecule has 0 radical (unpaired) electrons. The zero-order chi connectivity index (χ0) is 11.5. The third-order valence-corrected chi connectivity index (χ3v) is 2.07. The van der Waals surface area contributed by atoms with E-state index in [1.165, 1.54) is 0 Å². The Bertz CT molecular complexity index is 222. The van der Waals surface area contributed by atoms with Gasteiger partial charge in [0.05, 0.1) is 12.7 Å². The van der Waals surface area contributed by atoms with Crippen LogP contribution in [0.2, 0.25) is 0 Å². The summed E-state index contributed by atoms with van der Waals surface area (Å²) in [6.45, 7) is -0.245. The lowest BCUT2D eigenvalue weighted by Gasteiger charge is -2.34. The molecule has 0 bridgehead atoms. The normalized spacial score (nSPS) is 26.1. The van der Waals surface area contributed by atoms with E-state index < -0.39 is 25.0 Å². The number of carboxylic acids is 1. The van der Waals surface area contributed by atoms with Crippen LogP contribution in [0, 0.1) is 5.92 Å². The molecule has 0 aromatic heterocycles. The van der Waals surface area contributed by atoms with Crippen LogP contribution in [0.1, 0.15) is 12.8 Å². The Labute approximate surface area is 84.0 Å². The predicted molar refractivity (Wildman–Crippen MR) is 42.1 cm³/mol. The van der Waals surface area contributed by atoms with Crippen LogP contribution in [-0.4, -0.2) is 36.8 Å². The number of aliphatic carboxylic acids is 1. The molecule has 0 heterocycles. The van der Waals surface area contributed by atoms with E-state index in [0.717, 1.165) is 0 Å². The summed E-state index contributed by atoms with van der Waals surface area (Å²) in [6, 6.07) is 0. The largest absolute Gasteiger partial charge is 0.522 e. The first kappa shape index (κ1) is 12.3. The van der Waals surface area contributed by atoms with E-state index in [-0.39, 0.29) is 25.4 Å². The van der Waals surface area contributed by atoms with Gasteiger partial charge in [0.25, 0.3) is 0 Å². The van der Waals surface area contributed by atoms with Crippen molar-refractivity contribution in [1.29, 1.82) is 0 Å². The summed E-state index contributed by atoms with van der Waals surface area (Å²) in [4.78, 5) is 10.0. The van der Waals surface area contributed by atoms with Crippen LogP contribution in [0.4, 0.5) is 13.2 Å². The van der Waals surface area contributed by atoms with E-state index in [1.807, 2.05) is 0 Å². The highest BCUT2D eigenvalue weighted by molar-refractivity contribution is 5.67. The second-order valence-electron chi connectivity index (χ2n) is 3.43. The summed E-state index contributed by atoms with van der Waals surface area (Å²) in [6.07, 6.45) is -4.86. The Morgan fingerprint density at radius 1 is 1.40 bits per heavy atom. The number of halogens is 3. The number of rotatable bonds is 5. The van der Waals surface area contributed by atoms with Gasteiger partial charge in [0.1, 0.15) is 6.61 Å². The molecule has 0 unspecified atom stereocenters. The van der Waals surface area contributed by atoms with Crippen molar-refractivity contribution in [3.05, 3.63) is 0 Å². The molecule has 15 heavy (non-hydrogen) atoms. The van der Waals surface area contributed by atoms with Crippen LogP contribution in [0.15, 0.2) is 0 Å². The molecule has 1 N–H and O–H groups in total. The molecule has 1 saturated carbocycles. The Morgan fingerprint density at radius 2 is 2.00 bits per heavy atom. The number of hydrogen-bond donors (Lipinski definition) is 1. The molecule has 1 fully saturated rings. The predicted octanol–water partition coefficient (Wildman–Crippen LogP) is 1.40.